The lowest BCUT2D eigenvalue weighted by molar-refractivity contribution is 0.0192. The summed E-state index contributed by atoms with van der Waals surface area (Å²) in [4.78, 5) is 0. The second-order valence-electron chi connectivity index (χ2n) is 5.49. The van der Waals surface area contributed by atoms with E-state index in [4.69, 9.17) is 10.5 Å². The molecule has 0 spiro atoms. The molecule has 1 aromatic rings. The molecule has 2 N–H and O–H groups in total. The summed E-state index contributed by atoms with van der Waals surface area (Å²) in [7, 11) is 1.75. The van der Waals surface area contributed by atoms with E-state index in [9.17, 15) is 0 Å². The van der Waals surface area contributed by atoms with E-state index in [-0.39, 0.29) is 5.60 Å². The summed E-state index contributed by atoms with van der Waals surface area (Å²) in [6.45, 7) is 4.16. The van der Waals surface area contributed by atoms with Crippen molar-refractivity contribution in [3.05, 3.63) is 35.4 Å². The zero-order valence-corrected chi connectivity index (χ0v) is 11.6. The van der Waals surface area contributed by atoms with Gasteiger partial charge in [-0.1, -0.05) is 12.1 Å². The van der Waals surface area contributed by atoms with Gasteiger partial charge in [-0.3, -0.25) is 0 Å². The first kappa shape index (κ1) is 13.2. The number of benzene rings is 1. The van der Waals surface area contributed by atoms with E-state index in [0.717, 1.165) is 12.1 Å². The molecule has 2 nitrogen and oxygen atoms in total. The molecule has 0 aromatic heterocycles. The average Bonchev–Trinajstić information content (AvgIpc) is 2.40. The van der Waals surface area contributed by atoms with Gasteiger partial charge in [0.05, 0.1) is 5.60 Å². The van der Waals surface area contributed by atoms with Crippen molar-refractivity contribution in [1.82, 2.24) is 0 Å². The van der Waals surface area contributed by atoms with Crippen molar-refractivity contribution in [1.29, 1.82) is 0 Å². The summed E-state index contributed by atoms with van der Waals surface area (Å²) in [6, 6.07) is 6.25. The first-order chi connectivity index (χ1) is 8.54. The fourth-order valence-electron chi connectivity index (χ4n) is 2.41. The summed E-state index contributed by atoms with van der Waals surface area (Å²) in [5, 5.41) is 0. The van der Waals surface area contributed by atoms with Gasteiger partial charge in [0, 0.05) is 18.4 Å². The molecule has 0 saturated carbocycles. The van der Waals surface area contributed by atoms with Gasteiger partial charge in [0.2, 0.25) is 0 Å². The maximum Gasteiger partial charge on any atom is 0.0871 e. The van der Waals surface area contributed by atoms with Crippen LogP contribution in [0.3, 0.4) is 0 Å². The molecule has 0 saturated heterocycles. The number of nitrogen functional groups attached to an aromatic ring is 1. The van der Waals surface area contributed by atoms with Gasteiger partial charge < -0.3 is 10.5 Å². The van der Waals surface area contributed by atoms with Gasteiger partial charge in [-0.2, -0.15) is 0 Å². The predicted octanol–water partition coefficient (Wildman–Crippen LogP) is 4.11. The molecule has 1 aliphatic carbocycles. The number of rotatable bonds is 3. The van der Waals surface area contributed by atoms with Gasteiger partial charge in [-0.05, 0) is 62.8 Å². The van der Waals surface area contributed by atoms with E-state index < -0.39 is 0 Å². The number of hydrogen-bond donors (Lipinski definition) is 1. The number of hydrogen-bond acceptors (Lipinski definition) is 2. The SMILES string of the molecule is COC(C)(C)c1ccc(N)c(C2=CCCCC2)c1. The molecule has 0 atom stereocenters. The Morgan fingerprint density at radius 2 is 2.00 bits per heavy atom. The van der Waals surface area contributed by atoms with Crippen LogP contribution in [0.4, 0.5) is 5.69 Å². The molecule has 0 fully saturated rings. The zero-order chi connectivity index (χ0) is 13.2. The lowest BCUT2D eigenvalue weighted by Crippen LogP contribution is -2.19. The third kappa shape index (κ3) is 2.59. The van der Waals surface area contributed by atoms with E-state index in [0.29, 0.717) is 0 Å². The summed E-state index contributed by atoms with van der Waals surface area (Å²) in [5.74, 6) is 0. The van der Waals surface area contributed by atoms with E-state index in [1.807, 2.05) is 6.07 Å². The minimum Gasteiger partial charge on any atom is -0.398 e. The van der Waals surface area contributed by atoms with Crippen molar-refractivity contribution in [3.8, 4) is 0 Å². The average molecular weight is 245 g/mol. The molecule has 2 rings (SSSR count). The fraction of sp³-hybridized carbons (Fsp3) is 0.500. The van der Waals surface area contributed by atoms with Crippen molar-refractivity contribution >= 4 is 11.3 Å². The second-order valence-corrected chi connectivity index (χ2v) is 5.49. The van der Waals surface area contributed by atoms with Crippen LogP contribution in [-0.4, -0.2) is 7.11 Å². The van der Waals surface area contributed by atoms with Crippen LogP contribution in [0.15, 0.2) is 24.3 Å². The van der Waals surface area contributed by atoms with Crippen LogP contribution in [0, 0.1) is 0 Å². The first-order valence-corrected chi connectivity index (χ1v) is 6.69. The van der Waals surface area contributed by atoms with Gasteiger partial charge in [0.1, 0.15) is 0 Å². The largest absolute Gasteiger partial charge is 0.398 e. The Labute approximate surface area is 110 Å². The van der Waals surface area contributed by atoms with Crippen LogP contribution in [0.2, 0.25) is 0 Å². The Kier molecular flexibility index (Phi) is 3.76. The Bertz CT molecular complexity index is 460. The highest BCUT2D eigenvalue weighted by Crippen LogP contribution is 2.34. The molecule has 0 bridgehead atoms. The highest BCUT2D eigenvalue weighted by molar-refractivity contribution is 5.76. The minimum atomic E-state index is -0.266. The Hall–Kier alpha value is -1.28. The Morgan fingerprint density at radius 3 is 2.61 bits per heavy atom. The monoisotopic (exact) mass is 245 g/mol. The van der Waals surface area contributed by atoms with Gasteiger partial charge >= 0.3 is 0 Å². The molecule has 0 amide bonds. The van der Waals surface area contributed by atoms with Crippen molar-refractivity contribution in [2.75, 3.05) is 12.8 Å². The van der Waals surface area contributed by atoms with Gasteiger partial charge in [-0.15, -0.1) is 0 Å². The number of methoxy groups -OCH3 is 1. The van der Waals surface area contributed by atoms with Crippen LogP contribution in [0.25, 0.3) is 5.57 Å². The highest BCUT2D eigenvalue weighted by Gasteiger charge is 2.21. The van der Waals surface area contributed by atoms with Crippen molar-refractivity contribution in [3.63, 3.8) is 0 Å². The van der Waals surface area contributed by atoms with E-state index >= 15 is 0 Å². The molecule has 0 aliphatic heterocycles. The van der Waals surface area contributed by atoms with Crippen molar-refractivity contribution in [2.45, 2.75) is 45.1 Å². The molecule has 0 radical (unpaired) electrons. The molecule has 1 aliphatic rings. The molecule has 98 valence electrons. The minimum absolute atomic E-state index is 0.266. The number of allylic oxidation sites excluding steroid dienone is 2. The van der Waals surface area contributed by atoms with Crippen molar-refractivity contribution < 1.29 is 4.74 Å². The van der Waals surface area contributed by atoms with Gasteiger partial charge in [0.25, 0.3) is 0 Å². The fourth-order valence-corrected chi connectivity index (χ4v) is 2.41. The lowest BCUT2D eigenvalue weighted by atomic mass is 9.88. The maximum atomic E-state index is 6.12. The zero-order valence-electron chi connectivity index (χ0n) is 11.6. The summed E-state index contributed by atoms with van der Waals surface area (Å²) in [5.41, 5.74) is 10.5. The Morgan fingerprint density at radius 1 is 1.22 bits per heavy atom. The lowest BCUT2D eigenvalue weighted by Gasteiger charge is -2.25. The van der Waals surface area contributed by atoms with Crippen LogP contribution < -0.4 is 5.73 Å². The topological polar surface area (TPSA) is 35.2 Å². The quantitative estimate of drug-likeness (QED) is 0.813. The first-order valence-electron chi connectivity index (χ1n) is 6.69. The molecule has 1 aromatic carbocycles. The van der Waals surface area contributed by atoms with Crippen molar-refractivity contribution in [2.24, 2.45) is 0 Å². The predicted molar refractivity (Wildman–Crippen MR) is 77.3 cm³/mol. The van der Waals surface area contributed by atoms with Crippen LogP contribution in [-0.2, 0) is 10.3 Å². The standard InChI is InChI=1S/C16H23NO/c1-16(2,18-3)13-9-10-15(17)14(11-13)12-7-5-4-6-8-12/h7,9-11H,4-6,8,17H2,1-3H3. The van der Waals surface area contributed by atoms with Crippen LogP contribution >= 0.6 is 0 Å². The normalized spacial score (nSPS) is 16.5. The number of anilines is 1. The highest BCUT2D eigenvalue weighted by atomic mass is 16.5. The molecule has 18 heavy (non-hydrogen) atoms. The van der Waals surface area contributed by atoms with Crippen LogP contribution in [0.5, 0.6) is 0 Å². The summed E-state index contributed by atoms with van der Waals surface area (Å²) < 4.78 is 5.55. The van der Waals surface area contributed by atoms with Crippen LogP contribution in [0.1, 0.15) is 50.7 Å². The Balaban J connectivity index is 2.41. The summed E-state index contributed by atoms with van der Waals surface area (Å²) >= 11 is 0. The molecular weight excluding hydrogens is 222 g/mol. The van der Waals surface area contributed by atoms with E-state index in [1.165, 1.54) is 36.0 Å². The molecule has 0 unspecified atom stereocenters. The smallest absolute Gasteiger partial charge is 0.0871 e. The van der Waals surface area contributed by atoms with E-state index in [2.05, 4.69) is 32.1 Å². The maximum absolute atomic E-state index is 6.12. The summed E-state index contributed by atoms with van der Waals surface area (Å²) in [6.07, 6.45) is 7.21. The van der Waals surface area contributed by atoms with Gasteiger partial charge in [0.15, 0.2) is 0 Å². The van der Waals surface area contributed by atoms with Gasteiger partial charge in [-0.25, -0.2) is 0 Å². The third-order valence-electron chi connectivity index (χ3n) is 3.90. The van der Waals surface area contributed by atoms with E-state index in [1.54, 1.807) is 7.11 Å². The molecular formula is C16H23NO. The number of nitrogens with two attached hydrogens (primary N) is 1. The third-order valence-corrected chi connectivity index (χ3v) is 3.90. The number of ether oxygens (including phenoxy) is 1. The molecule has 2 heteroatoms. The molecule has 0 heterocycles. The second kappa shape index (κ2) is 5.15.